The van der Waals surface area contributed by atoms with Gasteiger partial charge in [-0.15, -0.1) is 0 Å². The highest BCUT2D eigenvalue weighted by molar-refractivity contribution is 5.94. The summed E-state index contributed by atoms with van der Waals surface area (Å²) in [6.45, 7) is 1.79. The standard InChI is InChI=1S/C11H16N2O3/c1-7-2-3-8(11(12)16)4-10(7)13-5-9(15)6-14/h2-4,9,13-15H,5-6H2,1H3,(H2,12,16). The number of nitrogens with two attached hydrogens (primary N) is 1. The number of benzene rings is 1. The monoisotopic (exact) mass is 224 g/mol. The molecule has 0 radical (unpaired) electrons. The Morgan fingerprint density at radius 1 is 1.56 bits per heavy atom. The topological polar surface area (TPSA) is 95.6 Å². The molecule has 0 saturated carbocycles. The number of rotatable bonds is 5. The molecule has 0 aliphatic carbocycles. The summed E-state index contributed by atoms with van der Waals surface area (Å²) in [6.07, 6.45) is -0.823. The van der Waals surface area contributed by atoms with Crippen LogP contribution in [0.3, 0.4) is 0 Å². The molecule has 1 amide bonds. The van der Waals surface area contributed by atoms with Crippen LogP contribution in [0.25, 0.3) is 0 Å². The Bertz CT molecular complexity index is 379. The molecule has 0 fully saturated rings. The molecule has 1 atom stereocenters. The predicted molar refractivity (Wildman–Crippen MR) is 61.3 cm³/mol. The van der Waals surface area contributed by atoms with E-state index in [0.29, 0.717) is 5.56 Å². The van der Waals surface area contributed by atoms with E-state index in [1.807, 2.05) is 6.92 Å². The molecule has 5 heteroatoms. The molecule has 0 aliphatic heterocycles. The second-order valence-electron chi connectivity index (χ2n) is 3.61. The van der Waals surface area contributed by atoms with Crippen LogP contribution in [0.4, 0.5) is 5.69 Å². The van der Waals surface area contributed by atoms with Gasteiger partial charge in [-0.1, -0.05) is 6.07 Å². The van der Waals surface area contributed by atoms with Crippen LogP contribution < -0.4 is 11.1 Å². The fourth-order valence-corrected chi connectivity index (χ4v) is 1.26. The SMILES string of the molecule is Cc1ccc(C(N)=O)cc1NCC(O)CO. The summed E-state index contributed by atoms with van der Waals surface area (Å²) in [5, 5.41) is 20.8. The molecule has 5 N–H and O–H groups in total. The summed E-state index contributed by atoms with van der Waals surface area (Å²) in [6, 6.07) is 5.04. The quantitative estimate of drug-likeness (QED) is 0.559. The number of aliphatic hydroxyl groups is 2. The fraction of sp³-hybridized carbons (Fsp3) is 0.364. The lowest BCUT2D eigenvalue weighted by atomic mass is 10.1. The summed E-state index contributed by atoms with van der Waals surface area (Å²) in [7, 11) is 0. The van der Waals surface area contributed by atoms with Gasteiger partial charge in [0, 0.05) is 17.8 Å². The van der Waals surface area contributed by atoms with E-state index in [1.165, 1.54) is 0 Å². The second-order valence-corrected chi connectivity index (χ2v) is 3.61. The highest BCUT2D eigenvalue weighted by atomic mass is 16.3. The van der Waals surface area contributed by atoms with Crippen LogP contribution >= 0.6 is 0 Å². The van der Waals surface area contributed by atoms with E-state index in [0.717, 1.165) is 11.3 Å². The van der Waals surface area contributed by atoms with Gasteiger partial charge in [0.05, 0.1) is 12.7 Å². The zero-order chi connectivity index (χ0) is 12.1. The molecule has 0 bridgehead atoms. The van der Waals surface area contributed by atoms with E-state index in [2.05, 4.69) is 5.32 Å². The third kappa shape index (κ3) is 3.22. The van der Waals surface area contributed by atoms with Crippen molar-refractivity contribution in [1.29, 1.82) is 0 Å². The highest BCUT2D eigenvalue weighted by Gasteiger charge is 2.06. The first kappa shape index (κ1) is 12.5. The van der Waals surface area contributed by atoms with Gasteiger partial charge in [-0.25, -0.2) is 0 Å². The van der Waals surface area contributed by atoms with Crippen molar-refractivity contribution in [3.8, 4) is 0 Å². The Kier molecular flexibility index (Phi) is 4.28. The predicted octanol–water partition coefficient (Wildman–Crippen LogP) is -0.141. The van der Waals surface area contributed by atoms with Crippen molar-refractivity contribution >= 4 is 11.6 Å². The van der Waals surface area contributed by atoms with Crippen molar-refractivity contribution in [1.82, 2.24) is 0 Å². The minimum Gasteiger partial charge on any atom is -0.394 e. The average Bonchev–Trinajstić information content (AvgIpc) is 2.27. The van der Waals surface area contributed by atoms with Crippen molar-refractivity contribution < 1.29 is 15.0 Å². The third-order valence-corrected chi connectivity index (χ3v) is 2.26. The number of carbonyl (C=O) groups is 1. The van der Waals surface area contributed by atoms with Crippen LogP contribution in [0.2, 0.25) is 0 Å². The molecule has 0 spiro atoms. The summed E-state index contributed by atoms with van der Waals surface area (Å²) in [5.41, 5.74) is 7.23. The molecule has 0 aliphatic rings. The molecule has 88 valence electrons. The van der Waals surface area contributed by atoms with E-state index < -0.39 is 12.0 Å². The van der Waals surface area contributed by atoms with E-state index in [1.54, 1.807) is 18.2 Å². The number of hydrogen-bond donors (Lipinski definition) is 4. The van der Waals surface area contributed by atoms with Crippen LogP contribution in [0.15, 0.2) is 18.2 Å². The first-order chi connectivity index (χ1) is 7.54. The van der Waals surface area contributed by atoms with Crippen LogP contribution in [0, 0.1) is 6.92 Å². The van der Waals surface area contributed by atoms with Crippen molar-refractivity contribution in [3.05, 3.63) is 29.3 Å². The molecule has 1 aromatic carbocycles. The molecule has 0 heterocycles. The zero-order valence-corrected chi connectivity index (χ0v) is 9.10. The number of nitrogens with one attached hydrogen (secondary N) is 1. The minimum absolute atomic E-state index is 0.222. The Balaban J connectivity index is 2.78. The van der Waals surface area contributed by atoms with Gasteiger partial charge in [-0.2, -0.15) is 0 Å². The number of anilines is 1. The molecule has 1 aromatic rings. The summed E-state index contributed by atoms with van der Waals surface area (Å²) in [5.74, 6) is -0.495. The summed E-state index contributed by atoms with van der Waals surface area (Å²) in [4.78, 5) is 11.0. The number of primary amides is 1. The van der Waals surface area contributed by atoms with Crippen LogP contribution in [0.5, 0.6) is 0 Å². The van der Waals surface area contributed by atoms with E-state index >= 15 is 0 Å². The molecule has 5 nitrogen and oxygen atoms in total. The molecular weight excluding hydrogens is 208 g/mol. The maximum absolute atomic E-state index is 11.0. The van der Waals surface area contributed by atoms with E-state index in [-0.39, 0.29) is 13.2 Å². The maximum atomic E-state index is 11.0. The van der Waals surface area contributed by atoms with Crippen molar-refractivity contribution in [2.24, 2.45) is 5.73 Å². The van der Waals surface area contributed by atoms with Gasteiger partial charge in [-0.05, 0) is 24.6 Å². The Morgan fingerprint density at radius 3 is 2.81 bits per heavy atom. The van der Waals surface area contributed by atoms with Crippen LogP contribution in [-0.4, -0.2) is 35.4 Å². The minimum atomic E-state index is -0.823. The highest BCUT2D eigenvalue weighted by Crippen LogP contribution is 2.16. The Hall–Kier alpha value is -1.59. The molecule has 1 rings (SSSR count). The van der Waals surface area contributed by atoms with E-state index in [4.69, 9.17) is 10.8 Å². The summed E-state index contributed by atoms with van der Waals surface area (Å²) >= 11 is 0. The molecule has 1 unspecified atom stereocenters. The number of aryl methyl sites for hydroxylation is 1. The first-order valence-corrected chi connectivity index (χ1v) is 4.98. The largest absolute Gasteiger partial charge is 0.394 e. The molecular formula is C11H16N2O3. The third-order valence-electron chi connectivity index (χ3n) is 2.26. The first-order valence-electron chi connectivity index (χ1n) is 4.98. The van der Waals surface area contributed by atoms with Crippen molar-refractivity contribution in [3.63, 3.8) is 0 Å². The number of aliphatic hydroxyl groups excluding tert-OH is 2. The lowest BCUT2D eigenvalue weighted by Crippen LogP contribution is -2.23. The molecule has 16 heavy (non-hydrogen) atoms. The fourth-order valence-electron chi connectivity index (χ4n) is 1.26. The van der Waals surface area contributed by atoms with Crippen LogP contribution in [-0.2, 0) is 0 Å². The van der Waals surface area contributed by atoms with Gasteiger partial charge >= 0.3 is 0 Å². The van der Waals surface area contributed by atoms with E-state index in [9.17, 15) is 9.90 Å². The number of amides is 1. The lowest BCUT2D eigenvalue weighted by molar-refractivity contribution is 0.100. The molecule has 0 aromatic heterocycles. The second kappa shape index (κ2) is 5.48. The lowest BCUT2D eigenvalue weighted by Gasteiger charge is -2.13. The zero-order valence-electron chi connectivity index (χ0n) is 9.10. The van der Waals surface area contributed by atoms with Gasteiger partial charge in [0.15, 0.2) is 0 Å². The van der Waals surface area contributed by atoms with Crippen molar-refractivity contribution in [2.45, 2.75) is 13.0 Å². The van der Waals surface area contributed by atoms with Gasteiger partial charge in [0.1, 0.15) is 0 Å². The number of hydrogen-bond acceptors (Lipinski definition) is 4. The van der Waals surface area contributed by atoms with Gasteiger partial charge in [-0.3, -0.25) is 4.79 Å². The maximum Gasteiger partial charge on any atom is 0.248 e. The Labute approximate surface area is 93.9 Å². The smallest absolute Gasteiger partial charge is 0.248 e. The van der Waals surface area contributed by atoms with Gasteiger partial charge in [0.25, 0.3) is 0 Å². The number of carbonyl (C=O) groups excluding carboxylic acids is 1. The Morgan fingerprint density at radius 2 is 2.25 bits per heavy atom. The van der Waals surface area contributed by atoms with Gasteiger partial charge in [0.2, 0.25) is 5.91 Å². The van der Waals surface area contributed by atoms with Gasteiger partial charge < -0.3 is 21.3 Å². The average molecular weight is 224 g/mol. The molecule has 0 saturated heterocycles. The van der Waals surface area contributed by atoms with Crippen LogP contribution in [0.1, 0.15) is 15.9 Å². The summed E-state index contributed by atoms with van der Waals surface area (Å²) < 4.78 is 0. The van der Waals surface area contributed by atoms with Crippen molar-refractivity contribution in [2.75, 3.05) is 18.5 Å². The normalized spacial score (nSPS) is 12.2.